The summed E-state index contributed by atoms with van der Waals surface area (Å²) in [6.07, 6.45) is 2.76. The molecule has 2 N–H and O–H groups in total. The molecule has 1 heterocycles. The lowest BCUT2D eigenvalue weighted by molar-refractivity contribution is 0.0984. The molecule has 0 aliphatic rings. The summed E-state index contributed by atoms with van der Waals surface area (Å²) in [6.45, 7) is 1.62. The number of hydrogen-bond donors (Lipinski definition) is 2. The van der Waals surface area contributed by atoms with E-state index < -0.39 is 6.10 Å². The summed E-state index contributed by atoms with van der Waals surface area (Å²) in [5.74, 6) is 11.0. The van der Waals surface area contributed by atoms with Crippen LogP contribution >= 0.6 is 11.3 Å². The standard InChI is InChI=1S/C13H12O2S/c1-2-3-4-5-6-7-11-8-9-13(16-11)12(15)10-14/h2-3,8-9,12,14-15H,10H2,1H3/b3-2+. The molecule has 0 amide bonds. The van der Waals surface area contributed by atoms with Crippen molar-refractivity contribution >= 4 is 11.3 Å². The van der Waals surface area contributed by atoms with Gasteiger partial charge in [-0.05, 0) is 42.9 Å². The predicted molar refractivity (Wildman–Crippen MR) is 65.8 cm³/mol. The van der Waals surface area contributed by atoms with Gasteiger partial charge in [0, 0.05) is 4.88 Å². The van der Waals surface area contributed by atoms with Crippen LogP contribution in [0.15, 0.2) is 24.3 Å². The highest BCUT2D eigenvalue weighted by molar-refractivity contribution is 7.12. The molecular weight excluding hydrogens is 220 g/mol. The topological polar surface area (TPSA) is 40.5 Å². The zero-order valence-corrected chi connectivity index (χ0v) is 9.71. The maximum atomic E-state index is 9.36. The third-order valence-corrected chi connectivity index (χ3v) is 2.80. The van der Waals surface area contributed by atoms with Crippen molar-refractivity contribution < 1.29 is 10.2 Å². The van der Waals surface area contributed by atoms with Crippen molar-refractivity contribution in [2.45, 2.75) is 13.0 Å². The Morgan fingerprint density at radius 1 is 1.44 bits per heavy atom. The Balaban J connectivity index is 2.69. The quantitative estimate of drug-likeness (QED) is 0.762. The van der Waals surface area contributed by atoms with Gasteiger partial charge in [0.1, 0.15) is 6.10 Å². The Kier molecular flexibility index (Phi) is 5.39. The number of thiophene rings is 1. The van der Waals surface area contributed by atoms with E-state index in [0.29, 0.717) is 4.88 Å². The fourth-order valence-electron chi connectivity index (χ4n) is 0.943. The molecule has 0 aliphatic carbocycles. The molecule has 3 heteroatoms. The first-order valence-corrected chi connectivity index (χ1v) is 5.61. The van der Waals surface area contributed by atoms with Crippen LogP contribution in [0, 0.1) is 23.7 Å². The van der Waals surface area contributed by atoms with E-state index in [1.165, 1.54) is 11.3 Å². The molecule has 0 aromatic carbocycles. The van der Waals surface area contributed by atoms with Crippen molar-refractivity contribution in [2.24, 2.45) is 0 Å². The molecule has 0 aliphatic heterocycles. The van der Waals surface area contributed by atoms with Crippen LogP contribution in [-0.2, 0) is 0 Å². The molecule has 1 aromatic rings. The van der Waals surface area contributed by atoms with Gasteiger partial charge in [-0.1, -0.05) is 12.0 Å². The summed E-state index contributed by atoms with van der Waals surface area (Å²) in [7, 11) is 0. The van der Waals surface area contributed by atoms with E-state index in [1.807, 2.05) is 19.1 Å². The molecule has 1 atom stereocenters. The van der Waals surface area contributed by atoms with Crippen LogP contribution in [0.4, 0.5) is 0 Å². The number of rotatable bonds is 2. The van der Waals surface area contributed by atoms with Gasteiger partial charge in [0.05, 0.1) is 11.5 Å². The summed E-state index contributed by atoms with van der Waals surface area (Å²) < 4.78 is 0. The SMILES string of the molecule is C/C=C/C#CC#Cc1ccc(C(O)CO)s1. The second kappa shape index (κ2) is 6.87. The maximum absolute atomic E-state index is 9.36. The van der Waals surface area contributed by atoms with E-state index in [-0.39, 0.29) is 6.61 Å². The molecule has 2 nitrogen and oxygen atoms in total. The molecular formula is C13H12O2S. The van der Waals surface area contributed by atoms with Crippen LogP contribution in [0.5, 0.6) is 0 Å². The Bertz CT molecular complexity index is 477. The molecule has 0 fully saturated rings. The zero-order chi connectivity index (χ0) is 11.8. The van der Waals surface area contributed by atoms with Gasteiger partial charge in [-0.2, -0.15) is 0 Å². The van der Waals surface area contributed by atoms with Gasteiger partial charge in [-0.15, -0.1) is 11.3 Å². The molecule has 0 radical (unpaired) electrons. The lowest BCUT2D eigenvalue weighted by Crippen LogP contribution is -1.98. The first kappa shape index (κ1) is 12.5. The predicted octanol–water partition coefficient (Wildman–Crippen LogP) is 1.70. The van der Waals surface area contributed by atoms with Gasteiger partial charge in [0.2, 0.25) is 0 Å². The largest absolute Gasteiger partial charge is 0.393 e. The number of hydrogen-bond acceptors (Lipinski definition) is 3. The van der Waals surface area contributed by atoms with Crippen LogP contribution < -0.4 is 0 Å². The number of aliphatic hydroxyl groups excluding tert-OH is 2. The van der Waals surface area contributed by atoms with Gasteiger partial charge in [0.25, 0.3) is 0 Å². The Morgan fingerprint density at radius 3 is 2.94 bits per heavy atom. The summed E-state index contributed by atoms with van der Waals surface area (Å²) in [5, 5.41) is 18.1. The molecule has 0 bridgehead atoms. The fraction of sp³-hybridized carbons (Fsp3) is 0.231. The molecule has 1 rings (SSSR count). The first-order chi connectivity index (χ1) is 7.77. The number of aliphatic hydroxyl groups is 2. The second-order valence-electron chi connectivity index (χ2n) is 2.92. The summed E-state index contributed by atoms with van der Waals surface area (Å²) in [5.41, 5.74) is 0. The van der Waals surface area contributed by atoms with E-state index in [9.17, 15) is 5.11 Å². The van der Waals surface area contributed by atoms with Crippen molar-refractivity contribution in [3.05, 3.63) is 34.0 Å². The lowest BCUT2D eigenvalue weighted by Gasteiger charge is -2.00. The average Bonchev–Trinajstić information content (AvgIpc) is 2.76. The second-order valence-corrected chi connectivity index (χ2v) is 4.04. The van der Waals surface area contributed by atoms with Crippen LogP contribution in [-0.4, -0.2) is 16.8 Å². The van der Waals surface area contributed by atoms with Crippen molar-refractivity contribution in [1.29, 1.82) is 0 Å². The van der Waals surface area contributed by atoms with E-state index >= 15 is 0 Å². The fourth-order valence-corrected chi connectivity index (χ4v) is 1.78. The summed E-state index contributed by atoms with van der Waals surface area (Å²) in [6, 6.07) is 3.57. The van der Waals surface area contributed by atoms with Crippen LogP contribution in [0.2, 0.25) is 0 Å². The minimum atomic E-state index is -0.811. The molecule has 1 aromatic heterocycles. The van der Waals surface area contributed by atoms with Crippen molar-refractivity contribution in [2.75, 3.05) is 6.61 Å². The van der Waals surface area contributed by atoms with Gasteiger partial charge in [0.15, 0.2) is 0 Å². The van der Waals surface area contributed by atoms with Crippen LogP contribution in [0.1, 0.15) is 22.8 Å². The van der Waals surface area contributed by atoms with E-state index in [4.69, 9.17) is 5.11 Å². The van der Waals surface area contributed by atoms with Gasteiger partial charge in [-0.3, -0.25) is 0 Å². The van der Waals surface area contributed by atoms with Crippen LogP contribution in [0.3, 0.4) is 0 Å². The molecule has 0 spiro atoms. The monoisotopic (exact) mass is 232 g/mol. The van der Waals surface area contributed by atoms with Crippen LogP contribution in [0.25, 0.3) is 0 Å². The van der Waals surface area contributed by atoms with E-state index in [1.54, 1.807) is 12.1 Å². The molecule has 82 valence electrons. The molecule has 1 unspecified atom stereocenters. The van der Waals surface area contributed by atoms with Crippen molar-refractivity contribution in [3.63, 3.8) is 0 Å². The van der Waals surface area contributed by atoms with E-state index in [0.717, 1.165) is 4.88 Å². The maximum Gasteiger partial charge on any atom is 0.111 e. The molecule has 0 saturated carbocycles. The van der Waals surface area contributed by atoms with E-state index in [2.05, 4.69) is 23.7 Å². The summed E-state index contributed by atoms with van der Waals surface area (Å²) >= 11 is 1.36. The Hall–Kier alpha value is -1.52. The summed E-state index contributed by atoms with van der Waals surface area (Å²) in [4.78, 5) is 1.55. The third-order valence-electron chi connectivity index (χ3n) is 1.70. The Labute approximate surface area is 99.3 Å². The molecule has 16 heavy (non-hydrogen) atoms. The first-order valence-electron chi connectivity index (χ1n) is 4.79. The van der Waals surface area contributed by atoms with Crippen molar-refractivity contribution in [1.82, 2.24) is 0 Å². The van der Waals surface area contributed by atoms with Crippen molar-refractivity contribution in [3.8, 4) is 23.7 Å². The Morgan fingerprint density at radius 2 is 2.25 bits per heavy atom. The minimum Gasteiger partial charge on any atom is -0.393 e. The highest BCUT2D eigenvalue weighted by atomic mass is 32.1. The number of allylic oxidation sites excluding steroid dienone is 2. The molecule has 0 saturated heterocycles. The normalized spacial score (nSPS) is 11.4. The minimum absolute atomic E-state index is 0.269. The van der Waals surface area contributed by atoms with Gasteiger partial charge in [-0.25, -0.2) is 0 Å². The van der Waals surface area contributed by atoms with Gasteiger partial charge < -0.3 is 10.2 Å². The third kappa shape index (κ3) is 3.92. The lowest BCUT2D eigenvalue weighted by atomic mass is 10.3. The van der Waals surface area contributed by atoms with Gasteiger partial charge >= 0.3 is 0 Å². The highest BCUT2D eigenvalue weighted by Gasteiger charge is 2.07. The average molecular weight is 232 g/mol. The highest BCUT2D eigenvalue weighted by Crippen LogP contribution is 2.22. The smallest absolute Gasteiger partial charge is 0.111 e. The zero-order valence-electron chi connectivity index (χ0n) is 8.90.